The van der Waals surface area contributed by atoms with Gasteiger partial charge in [-0.15, -0.1) is 11.3 Å². The predicted octanol–water partition coefficient (Wildman–Crippen LogP) is 3.39. The Morgan fingerprint density at radius 1 is 1.20 bits per heavy atom. The van der Waals surface area contributed by atoms with Crippen LogP contribution in [-0.4, -0.2) is 39.2 Å². The second kappa shape index (κ2) is 8.95. The summed E-state index contributed by atoms with van der Waals surface area (Å²) in [6.07, 6.45) is 2.59. The molecule has 0 radical (unpaired) electrons. The topological polar surface area (TPSA) is 129 Å². The molecule has 2 amide bonds. The van der Waals surface area contributed by atoms with Crippen molar-refractivity contribution >= 4 is 45.2 Å². The predicted molar refractivity (Wildman–Crippen MR) is 132 cm³/mol. The molecule has 3 N–H and O–H groups in total. The van der Waals surface area contributed by atoms with Crippen molar-refractivity contribution in [2.45, 2.75) is 26.2 Å². The van der Waals surface area contributed by atoms with Crippen LogP contribution in [0.1, 0.15) is 43.3 Å². The Morgan fingerprint density at radius 2 is 1.97 bits per heavy atom. The van der Waals surface area contributed by atoms with Gasteiger partial charge in [-0.25, -0.2) is 9.78 Å². The number of thiophene rings is 1. The molecule has 0 saturated heterocycles. The summed E-state index contributed by atoms with van der Waals surface area (Å²) >= 11 is 1.35. The number of esters is 1. The zero-order valence-electron chi connectivity index (χ0n) is 19.3. The number of pyridine rings is 1. The fourth-order valence-corrected chi connectivity index (χ4v) is 5.80. The molecule has 0 spiro atoms. The molecule has 178 valence electrons. The number of hydrogen-bond donors (Lipinski definition) is 2. The molecule has 4 aromatic rings. The van der Waals surface area contributed by atoms with Crippen molar-refractivity contribution in [1.29, 1.82) is 0 Å². The Kier molecular flexibility index (Phi) is 5.81. The number of anilines is 1. The van der Waals surface area contributed by atoms with Crippen LogP contribution in [0.2, 0.25) is 0 Å². The van der Waals surface area contributed by atoms with Gasteiger partial charge >= 0.3 is 5.97 Å². The first-order valence-corrected chi connectivity index (χ1v) is 12.0. The summed E-state index contributed by atoms with van der Waals surface area (Å²) in [6, 6.07) is 11.1. The van der Waals surface area contributed by atoms with Gasteiger partial charge in [-0.1, -0.05) is 30.3 Å². The number of rotatable bonds is 6. The van der Waals surface area contributed by atoms with Gasteiger partial charge < -0.3 is 15.8 Å². The minimum absolute atomic E-state index is 0.278. The van der Waals surface area contributed by atoms with Crippen molar-refractivity contribution in [3.05, 3.63) is 63.7 Å². The molecule has 5 rings (SSSR count). The molecule has 0 atom stereocenters. The zero-order chi connectivity index (χ0) is 24.7. The van der Waals surface area contributed by atoms with Crippen LogP contribution in [0.4, 0.5) is 5.00 Å². The smallest absolute Gasteiger partial charge is 0.339 e. The van der Waals surface area contributed by atoms with Gasteiger partial charge in [0.25, 0.3) is 11.8 Å². The van der Waals surface area contributed by atoms with Crippen molar-refractivity contribution in [2.75, 3.05) is 11.9 Å². The van der Waals surface area contributed by atoms with Crippen LogP contribution < -0.4 is 11.1 Å². The number of aryl methyl sites for hydroxylation is 3. The molecule has 3 heterocycles. The number of nitrogens with one attached hydrogen (secondary N) is 1. The van der Waals surface area contributed by atoms with Gasteiger partial charge in [-0.3, -0.25) is 14.3 Å². The maximum Gasteiger partial charge on any atom is 0.339 e. The maximum atomic E-state index is 13.1. The number of aromatic nitrogens is 3. The molecule has 9 nitrogen and oxygen atoms in total. The van der Waals surface area contributed by atoms with Gasteiger partial charge in [0, 0.05) is 17.5 Å². The Labute approximate surface area is 204 Å². The Bertz CT molecular complexity index is 1490. The lowest BCUT2D eigenvalue weighted by molar-refractivity contribution is -0.119. The second-order valence-electron chi connectivity index (χ2n) is 8.38. The van der Waals surface area contributed by atoms with E-state index in [0.29, 0.717) is 33.0 Å². The quantitative estimate of drug-likeness (QED) is 0.400. The van der Waals surface area contributed by atoms with Crippen LogP contribution in [0.5, 0.6) is 0 Å². The lowest BCUT2D eigenvalue weighted by atomic mass is 10.1. The molecule has 0 unspecified atom stereocenters. The highest BCUT2D eigenvalue weighted by Gasteiger charge is 2.27. The number of benzene rings is 1. The summed E-state index contributed by atoms with van der Waals surface area (Å²) in [5, 5.41) is 8.06. The number of carbonyl (C=O) groups excluding carboxylic acids is 3. The van der Waals surface area contributed by atoms with E-state index in [9.17, 15) is 14.4 Å². The van der Waals surface area contributed by atoms with Crippen LogP contribution in [0.25, 0.3) is 22.3 Å². The van der Waals surface area contributed by atoms with Gasteiger partial charge in [0.15, 0.2) is 12.3 Å². The average molecular weight is 490 g/mol. The van der Waals surface area contributed by atoms with Crippen LogP contribution >= 0.6 is 11.3 Å². The molecular formula is C25H23N5O4S. The standard InChI is InChI=1S/C25H23N5O4S/c1-13-20-16(11-17(14-7-4-3-5-8-14)27-23(20)30(2)29-13)25(33)34-12-19(31)28-24-21(22(26)32)15-9-6-10-18(15)35-24/h3-5,7-8,11H,6,9-10,12H2,1-2H3,(H2,26,32)(H,28,31). The number of fused-ring (bicyclic) bond motifs is 2. The number of amides is 2. The molecule has 10 heteroatoms. The van der Waals surface area contributed by atoms with E-state index in [-0.39, 0.29) is 5.56 Å². The number of ether oxygens (including phenoxy) is 1. The highest BCUT2D eigenvalue weighted by atomic mass is 32.1. The fraction of sp³-hybridized carbons (Fsp3) is 0.240. The summed E-state index contributed by atoms with van der Waals surface area (Å²) in [6.45, 7) is 1.28. The van der Waals surface area contributed by atoms with E-state index in [1.165, 1.54) is 11.3 Å². The van der Waals surface area contributed by atoms with Crippen molar-refractivity contribution in [1.82, 2.24) is 14.8 Å². The lowest BCUT2D eigenvalue weighted by Gasteiger charge is -2.10. The van der Waals surface area contributed by atoms with Gasteiger partial charge in [0.2, 0.25) is 0 Å². The molecule has 1 aliphatic carbocycles. The van der Waals surface area contributed by atoms with Gasteiger partial charge in [-0.05, 0) is 37.8 Å². The molecule has 1 aliphatic rings. The van der Waals surface area contributed by atoms with Gasteiger partial charge in [0.05, 0.1) is 27.9 Å². The molecule has 0 aliphatic heterocycles. The number of carbonyl (C=O) groups is 3. The Hall–Kier alpha value is -4.05. The van der Waals surface area contributed by atoms with Crippen molar-refractivity contribution < 1.29 is 19.1 Å². The molecule has 1 aromatic carbocycles. The Morgan fingerprint density at radius 3 is 2.71 bits per heavy atom. The van der Waals surface area contributed by atoms with E-state index in [2.05, 4.69) is 15.4 Å². The zero-order valence-corrected chi connectivity index (χ0v) is 20.1. The van der Waals surface area contributed by atoms with Crippen LogP contribution in [0.15, 0.2) is 36.4 Å². The number of nitrogens with two attached hydrogens (primary N) is 1. The van der Waals surface area contributed by atoms with Crippen LogP contribution in [0, 0.1) is 6.92 Å². The third kappa shape index (κ3) is 4.17. The first-order valence-electron chi connectivity index (χ1n) is 11.1. The first-order chi connectivity index (χ1) is 16.8. The van der Waals surface area contributed by atoms with E-state index >= 15 is 0 Å². The summed E-state index contributed by atoms with van der Waals surface area (Å²) in [5.74, 6) is -1.78. The van der Waals surface area contributed by atoms with E-state index in [0.717, 1.165) is 35.3 Å². The van der Waals surface area contributed by atoms with Crippen molar-refractivity contribution in [3.8, 4) is 11.3 Å². The largest absolute Gasteiger partial charge is 0.452 e. The monoisotopic (exact) mass is 489 g/mol. The highest BCUT2D eigenvalue weighted by Crippen LogP contribution is 2.38. The summed E-state index contributed by atoms with van der Waals surface area (Å²) in [4.78, 5) is 43.4. The molecule has 35 heavy (non-hydrogen) atoms. The fourth-order valence-electron chi connectivity index (χ4n) is 4.49. The third-order valence-corrected chi connectivity index (χ3v) is 7.22. The minimum atomic E-state index is -0.662. The third-order valence-electron chi connectivity index (χ3n) is 6.01. The summed E-state index contributed by atoms with van der Waals surface area (Å²) in [7, 11) is 1.76. The highest BCUT2D eigenvalue weighted by molar-refractivity contribution is 7.17. The van der Waals surface area contributed by atoms with Gasteiger partial charge in [-0.2, -0.15) is 5.10 Å². The number of hydrogen-bond acceptors (Lipinski definition) is 7. The summed E-state index contributed by atoms with van der Waals surface area (Å²) in [5.41, 5.74) is 9.70. The van der Waals surface area contributed by atoms with Gasteiger partial charge in [0.1, 0.15) is 5.00 Å². The molecular weight excluding hydrogens is 466 g/mol. The average Bonchev–Trinajstić information content (AvgIpc) is 3.50. The van der Waals surface area contributed by atoms with E-state index in [4.69, 9.17) is 10.5 Å². The van der Waals surface area contributed by atoms with Crippen molar-refractivity contribution in [2.24, 2.45) is 12.8 Å². The Balaban J connectivity index is 1.39. The van der Waals surface area contributed by atoms with E-state index in [1.54, 1.807) is 24.7 Å². The van der Waals surface area contributed by atoms with Crippen LogP contribution in [-0.2, 0) is 29.4 Å². The first kappa shape index (κ1) is 22.7. The van der Waals surface area contributed by atoms with Crippen molar-refractivity contribution in [3.63, 3.8) is 0 Å². The minimum Gasteiger partial charge on any atom is -0.452 e. The molecule has 0 fully saturated rings. The number of nitrogens with zero attached hydrogens (tertiary/aromatic N) is 3. The second-order valence-corrected chi connectivity index (χ2v) is 9.48. The number of primary amides is 1. The van der Waals surface area contributed by atoms with E-state index < -0.39 is 24.4 Å². The van der Waals surface area contributed by atoms with E-state index in [1.807, 2.05) is 30.3 Å². The SMILES string of the molecule is Cc1nn(C)c2nc(-c3ccccc3)cc(C(=O)OCC(=O)Nc3sc4c(c3C(N)=O)CCC4)c12. The lowest BCUT2D eigenvalue weighted by Crippen LogP contribution is -2.23. The maximum absolute atomic E-state index is 13.1. The normalized spacial score (nSPS) is 12.5. The summed E-state index contributed by atoms with van der Waals surface area (Å²) < 4.78 is 6.99. The molecule has 3 aromatic heterocycles. The molecule has 0 saturated carbocycles. The molecule has 0 bridgehead atoms. The van der Waals surface area contributed by atoms with Crippen LogP contribution in [0.3, 0.4) is 0 Å².